The smallest absolute Gasteiger partial charge is 0.321 e. The van der Waals surface area contributed by atoms with Gasteiger partial charge in [-0.25, -0.2) is 0 Å². The molecule has 1 aliphatic heterocycles. The van der Waals surface area contributed by atoms with Crippen LogP contribution in [0.25, 0.3) is 0 Å². The molecule has 1 saturated heterocycles. The lowest BCUT2D eigenvalue weighted by Crippen LogP contribution is -2.49. The van der Waals surface area contributed by atoms with E-state index in [1.54, 1.807) is 0 Å². The zero-order valence-electron chi connectivity index (χ0n) is 8.65. The van der Waals surface area contributed by atoms with Gasteiger partial charge in [0.15, 0.2) is 0 Å². The number of likely N-dealkylation sites (tertiary alicyclic amines) is 1. The Bertz CT molecular complexity index is 196. The highest BCUT2D eigenvalue weighted by Crippen LogP contribution is 2.23. The topological polar surface area (TPSA) is 60.8 Å². The average molecular weight is 201 g/mol. The Hall–Kier alpha value is -0.610. The number of hydrogen-bond acceptors (Lipinski definition) is 3. The zero-order valence-corrected chi connectivity index (χ0v) is 8.65. The number of aliphatic hydroxyl groups excluding tert-OH is 1. The van der Waals surface area contributed by atoms with Crippen molar-refractivity contribution < 1.29 is 15.0 Å². The van der Waals surface area contributed by atoms with Gasteiger partial charge in [0.2, 0.25) is 0 Å². The molecule has 1 aliphatic rings. The Labute approximate surface area is 84.5 Å². The number of hydrogen-bond donors (Lipinski definition) is 2. The number of carboxylic acid groups (broad SMARTS) is 1. The first kappa shape index (κ1) is 11.5. The van der Waals surface area contributed by atoms with Crippen LogP contribution in [0.4, 0.5) is 0 Å². The fourth-order valence-corrected chi connectivity index (χ4v) is 2.20. The van der Waals surface area contributed by atoms with E-state index in [0.717, 1.165) is 19.4 Å². The first-order valence-corrected chi connectivity index (χ1v) is 5.24. The number of aliphatic hydroxyl groups is 1. The molecule has 0 aromatic carbocycles. The van der Waals surface area contributed by atoms with Crippen LogP contribution in [0.15, 0.2) is 0 Å². The van der Waals surface area contributed by atoms with Gasteiger partial charge in [0.25, 0.3) is 0 Å². The lowest BCUT2D eigenvalue weighted by atomic mass is 9.91. The summed E-state index contributed by atoms with van der Waals surface area (Å²) in [5, 5.41) is 17.8. The number of aliphatic carboxylic acids is 1. The minimum absolute atomic E-state index is 0.136. The van der Waals surface area contributed by atoms with Crippen molar-refractivity contribution in [1.82, 2.24) is 4.90 Å². The number of piperidine rings is 1. The zero-order chi connectivity index (χ0) is 10.6. The second-order valence-electron chi connectivity index (χ2n) is 4.02. The molecule has 0 radical (unpaired) electrons. The summed E-state index contributed by atoms with van der Waals surface area (Å²) in [6.45, 7) is 3.67. The Kier molecular flexibility index (Phi) is 4.35. The Morgan fingerprint density at radius 3 is 2.86 bits per heavy atom. The maximum Gasteiger partial charge on any atom is 0.321 e. The third-order valence-electron chi connectivity index (χ3n) is 2.89. The highest BCUT2D eigenvalue weighted by Gasteiger charge is 2.33. The summed E-state index contributed by atoms with van der Waals surface area (Å²) in [7, 11) is 0. The molecule has 14 heavy (non-hydrogen) atoms. The highest BCUT2D eigenvalue weighted by atomic mass is 16.4. The van der Waals surface area contributed by atoms with Crippen LogP contribution in [0.2, 0.25) is 0 Å². The van der Waals surface area contributed by atoms with Crippen molar-refractivity contribution >= 4 is 5.97 Å². The first-order valence-electron chi connectivity index (χ1n) is 5.24. The Morgan fingerprint density at radius 1 is 1.57 bits per heavy atom. The molecule has 0 aromatic rings. The molecular weight excluding hydrogens is 182 g/mol. The van der Waals surface area contributed by atoms with Crippen molar-refractivity contribution in [3.8, 4) is 0 Å². The van der Waals surface area contributed by atoms with Gasteiger partial charge >= 0.3 is 5.97 Å². The van der Waals surface area contributed by atoms with Crippen LogP contribution in [0, 0.1) is 5.92 Å². The third kappa shape index (κ3) is 2.69. The van der Waals surface area contributed by atoms with Crippen molar-refractivity contribution in [2.45, 2.75) is 32.2 Å². The number of rotatable bonds is 4. The third-order valence-corrected chi connectivity index (χ3v) is 2.89. The lowest BCUT2D eigenvalue weighted by Gasteiger charge is -2.37. The summed E-state index contributed by atoms with van der Waals surface area (Å²) < 4.78 is 0. The monoisotopic (exact) mass is 201 g/mol. The van der Waals surface area contributed by atoms with E-state index >= 15 is 0 Å². The van der Waals surface area contributed by atoms with Gasteiger partial charge in [0.05, 0.1) is 0 Å². The van der Waals surface area contributed by atoms with E-state index in [1.807, 2.05) is 11.8 Å². The van der Waals surface area contributed by atoms with Crippen molar-refractivity contribution in [3.63, 3.8) is 0 Å². The second kappa shape index (κ2) is 5.32. The molecule has 1 heterocycles. The van der Waals surface area contributed by atoms with Gasteiger partial charge in [-0.2, -0.15) is 0 Å². The quantitative estimate of drug-likeness (QED) is 0.697. The van der Waals surface area contributed by atoms with E-state index < -0.39 is 5.97 Å². The summed E-state index contributed by atoms with van der Waals surface area (Å²) in [6.07, 6.45) is 2.72. The minimum Gasteiger partial charge on any atom is -0.480 e. The largest absolute Gasteiger partial charge is 0.480 e. The SMILES string of the molecule is CC1CCCN(CCCO)C1C(=O)O. The van der Waals surface area contributed by atoms with Crippen LogP contribution < -0.4 is 0 Å². The summed E-state index contributed by atoms with van der Waals surface area (Å²) in [5.41, 5.74) is 0. The normalized spacial score (nSPS) is 29.0. The molecule has 0 saturated carbocycles. The standard InChI is InChI=1S/C10H19NO3/c1-8-4-2-5-11(6-3-7-12)9(8)10(13)14/h8-9,12H,2-7H2,1H3,(H,13,14). The van der Waals surface area contributed by atoms with Gasteiger partial charge in [0, 0.05) is 13.2 Å². The van der Waals surface area contributed by atoms with Crippen LogP contribution in [0.3, 0.4) is 0 Å². The molecule has 0 amide bonds. The molecule has 4 nitrogen and oxygen atoms in total. The maximum absolute atomic E-state index is 11.0. The molecule has 4 heteroatoms. The van der Waals surface area contributed by atoms with Gasteiger partial charge in [-0.15, -0.1) is 0 Å². The Morgan fingerprint density at radius 2 is 2.29 bits per heavy atom. The highest BCUT2D eigenvalue weighted by molar-refractivity contribution is 5.74. The molecule has 2 unspecified atom stereocenters. The van der Waals surface area contributed by atoms with Crippen LogP contribution in [0.5, 0.6) is 0 Å². The average Bonchev–Trinajstić information content (AvgIpc) is 2.14. The summed E-state index contributed by atoms with van der Waals surface area (Å²) >= 11 is 0. The van der Waals surface area contributed by atoms with Crippen molar-refractivity contribution in [3.05, 3.63) is 0 Å². The molecule has 2 atom stereocenters. The molecule has 2 N–H and O–H groups in total. The molecular formula is C10H19NO3. The van der Waals surface area contributed by atoms with Gasteiger partial charge in [-0.05, 0) is 31.7 Å². The summed E-state index contributed by atoms with van der Waals surface area (Å²) in [5.74, 6) is -0.505. The fourth-order valence-electron chi connectivity index (χ4n) is 2.20. The minimum atomic E-state index is -0.727. The van der Waals surface area contributed by atoms with Gasteiger partial charge in [-0.3, -0.25) is 9.69 Å². The molecule has 0 spiro atoms. The number of carbonyl (C=O) groups is 1. The van der Waals surface area contributed by atoms with E-state index in [4.69, 9.17) is 10.2 Å². The predicted octanol–water partition coefficient (Wildman–Crippen LogP) is 0.554. The molecule has 0 bridgehead atoms. The van der Waals surface area contributed by atoms with Crippen molar-refractivity contribution in [1.29, 1.82) is 0 Å². The Balaban J connectivity index is 2.55. The summed E-state index contributed by atoms with van der Waals surface area (Å²) in [4.78, 5) is 13.0. The first-order chi connectivity index (χ1) is 6.66. The van der Waals surface area contributed by atoms with E-state index in [-0.39, 0.29) is 18.6 Å². The van der Waals surface area contributed by atoms with Gasteiger partial charge in [-0.1, -0.05) is 6.92 Å². The number of nitrogens with zero attached hydrogens (tertiary/aromatic N) is 1. The second-order valence-corrected chi connectivity index (χ2v) is 4.02. The van der Waals surface area contributed by atoms with E-state index in [9.17, 15) is 4.79 Å². The molecule has 0 aliphatic carbocycles. The fraction of sp³-hybridized carbons (Fsp3) is 0.900. The predicted molar refractivity (Wildman–Crippen MR) is 53.1 cm³/mol. The molecule has 1 fully saturated rings. The molecule has 1 rings (SSSR count). The lowest BCUT2D eigenvalue weighted by molar-refractivity contribution is -0.146. The van der Waals surface area contributed by atoms with Crippen LogP contribution in [-0.2, 0) is 4.79 Å². The summed E-state index contributed by atoms with van der Waals surface area (Å²) in [6, 6.07) is -0.352. The van der Waals surface area contributed by atoms with Crippen LogP contribution in [0.1, 0.15) is 26.2 Å². The van der Waals surface area contributed by atoms with Crippen molar-refractivity contribution in [2.75, 3.05) is 19.7 Å². The van der Waals surface area contributed by atoms with Crippen molar-refractivity contribution in [2.24, 2.45) is 5.92 Å². The van der Waals surface area contributed by atoms with E-state index in [1.165, 1.54) is 0 Å². The van der Waals surface area contributed by atoms with E-state index in [2.05, 4.69) is 0 Å². The molecule has 0 aromatic heterocycles. The van der Waals surface area contributed by atoms with Crippen LogP contribution >= 0.6 is 0 Å². The number of carboxylic acids is 1. The van der Waals surface area contributed by atoms with Crippen LogP contribution in [-0.4, -0.2) is 46.8 Å². The molecule has 82 valence electrons. The maximum atomic E-state index is 11.0. The van der Waals surface area contributed by atoms with E-state index in [0.29, 0.717) is 13.0 Å². The van der Waals surface area contributed by atoms with Gasteiger partial charge in [0.1, 0.15) is 6.04 Å². The van der Waals surface area contributed by atoms with Gasteiger partial charge < -0.3 is 10.2 Å².